The molecule has 0 aromatic carbocycles. The SMILES string of the molecule is CC(=O)OC1CC2CC[C@H]3[C@@H]4CCC(O)[C@@]4(CN4CCCCCC4)CC[C@@H]3[C@@]2(C)CC1N1CCCCC1. The van der Waals surface area contributed by atoms with Gasteiger partial charge in [0.2, 0.25) is 0 Å². The molecule has 0 amide bonds. The molecule has 4 aliphatic carbocycles. The van der Waals surface area contributed by atoms with Crippen LogP contribution in [0.4, 0.5) is 0 Å². The zero-order valence-corrected chi connectivity index (χ0v) is 23.8. The lowest BCUT2D eigenvalue weighted by molar-refractivity contribution is -0.178. The molecule has 2 aliphatic heterocycles. The van der Waals surface area contributed by atoms with Crippen molar-refractivity contribution < 1.29 is 14.6 Å². The molecule has 2 heterocycles. The molecule has 5 nitrogen and oxygen atoms in total. The highest BCUT2D eigenvalue weighted by Crippen LogP contribution is 2.67. The summed E-state index contributed by atoms with van der Waals surface area (Å²) in [6.45, 7) is 10.2. The molecule has 6 rings (SSSR count). The van der Waals surface area contributed by atoms with Crippen LogP contribution >= 0.6 is 0 Å². The first-order valence-electron chi connectivity index (χ1n) is 16.2. The second kappa shape index (κ2) is 10.7. The maximum Gasteiger partial charge on any atom is 0.302 e. The Morgan fingerprint density at radius 1 is 0.892 bits per heavy atom. The van der Waals surface area contributed by atoms with E-state index in [1.807, 2.05) is 0 Å². The van der Waals surface area contributed by atoms with Crippen LogP contribution in [0.2, 0.25) is 0 Å². The van der Waals surface area contributed by atoms with Gasteiger partial charge >= 0.3 is 5.97 Å². The Balaban J connectivity index is 1.24. The maximum absolute atomic E-state index is 12.1. The number of aliphatic hydroxyl groups excluding tert-OH is 1. The number of carbonyl (C=O) groups excluding carboxylic acids is 1. The van der Waals surface area contributed by atoms with Crippen molar-refractivity contribution in [2.24, 2.45) is 34.5 Å². The number of esters is 1. The maximum atomic E-state index is 12.1. The van der Waals surface area contributed by atoms with Gasteiger partial charge in [0.05, 0.1) is 6.10 Å². The highest BCUT2D eigenvalue weighted by atomic mass is 16.5. The van der Waals surface area contributed by atoms with Gasteiger partial charge in [-0.1, -0.05) is 26.2 Å². The molecule has 1 N–H and O–H groups in total. The Morgan fingerprint density at radius 2 is 1.59 bits per heavy atom. The molecule has 6 fully saturated rings. The Kier molecular flexibility index (Phi) is 7.70. The van der Waals surface area contributed by atoms with Gasteiger partial charge in [-0.3, -0.25) is 9.69 Å². The van der Waals surface area contributed by atoms with Crippen molar-refractivity contribution in [3.05, 3.63) is 0 Å². The summed E-state index contributed by atoms with van der Waals surface area (Å²) in [5.74, 6) is 2.81. The first kappa shape index (κ1) is 26.6. The number of hydrogen-bond donors (Lipinski definition) is 1. The molecule has 0 spiro atoms. The molecule has 4 saturated carbocycles. The fourth-order valence-electron chi connectivity index (χ4n) is 11.0. The minimum atomic E-state index is -0.104. The van der Waals surface area contributed by atoms with Gasteiger partial charge in [-0.2, -0.15) is 0 Å². The number of ether oxygens (including phenoxy) is 1. The van der Waals surface area contributed by atoms with Crippen molar-refractivity contribution in [2.45, 2.75) is 128 Å². The number of piperidine rings is 1. The second-order valence-electron chi connectivity index (χ2n) is 14.5. The number of hydrogen-bond acceptors (Lipinski definition) is 5. The van der Waals surface area contributed by atoms with Crippen LogP contribution in [-0.2, 0) is 9.53 Å². The molecule has 4 unspecified atom stereocenters. The highest BCUT2D eigenvalue weighted by molar-refractivity contribution is 5.66. The van der Waals surface area contributed by atoms with Crippen LogP contribution in [0.3, 0.4) is 0 Å². The smallest absolute Gasteiger partial charge is 0.302 e. The van der Waals surface area contributed by atoms with E-state index in [0.29, 0.717) is 23.3 Å². The van der Waals surface area contributed by atoms with Crippen LogP contribution in [0.25, 0.3) is 0 Å². The summed E-state index contributed by atoms with van der Waals surface area (Å²) >= 11 is 0. The van der Waals surface area contributed by atoms with E-state index in [1.54, 1.807) is 6.92 Å². The molecular weight excluding hydrogens is 460 g/mol. The summed E-state index contributed by atoms with van der Waals surface area (Å²) in [7, 11) is 0. The minimum Gasteiger partial charge on any atom is -0.461 e. The van der Waals surface area contributed by atoms with Crippen molar-refractivity contribution >= 4 is 5.97 Å². The average Bonchev–Trinajstić information content (AvgIpc) is 3.03. The van der Waals surface area contributed by atoms with E-state index in [4.69, 9.17) is 4.74 Å². The van der Waals surface area contributed by atoms with E-state index in [2.05, 4.69) is 16.7 Å². The number of aliphatic hydroxyl groups is 1. The quantitative estimate of drug-likeness (QED) is 0.492. The van der Waals surface area contributed by atoms with Crippen LogP contribution < -0.4 is 0 Å². The Bertz CT molecular complexity index is 806. The third-order valence-electron chi connectivity index (χ3n) is 12.7. The Labute approximate surface area is 226 Å². The van der Waals surface area contributed by atoms with Crippen molar-refractivity contribution in [1.29, 1.82) is 0 Å². The Hall–Kier alpha value is -0.650. The minimum absolute atomic E-state index is 0.0734. The number of fused-ring (bicyclic) bond motifs is 5. The number of nitrogens with zero attached hydrogens (tertiary/aromatic N) is 2. The summed E-state index contributed by atoms with van der Waals surface area (Å²) in [5, 5.41) is 11.5. The van der Waals surface area contributed by atoms with Crippen LogP contribution in [0.5, 0.6) is 0 Å². The monoisotopic (exact) mass is 514 g/mol. The van der Waals surface area contributed by atoms with Gasteiger partial charge in [0.25, 0.3) is 0 Å². The molecule has 210 valence electrons. The molecule has 2 saturated heterocycles. The zero-order valence-electron chi connectivity index (χ0n) is 23.8. The molecule has 5 heteroatoms. The van der Waals surface area contributed by atoms with Crippen LogP contribution in [0, 0.1) is 34.5 Å². The average molecular weight is 515 g/mol. The van der Waals surface area contributed by atoms with Gasteiger partial charge in [0, 0.05) is 24.9 Å². The molecule has 0 aromatic heterocycles. The predicted molar refractivity (Wildman–Crippen MR) is 147 cm³/mol. The van der Waals surface area contributed by atoms with Gasteiger partial charge in [-0.15, -0.1) is 0 Å². The molecule has 0 radical (unpaired) electrons. The Morgan fingerprint density at radius 3 is 2.32 bits per heavy atom. The fraction of sp³-hybridized carbons (Fsp3) is 0.969. The van der Waals surface area contributed by atoms with E-state index >= 15 is 0 Å². The van der Waals surface area contributed by atoms with Crippen molar-refractivity contribution in [3.8, 4) is 0 Å². The van der Waals surface area contributed by atoms with Crippen LogP contribution in [0.15, 0.2) is 0 Å². The number of carbonyl (C=O) groups is 1. The van der Waals surface area contributed by atoms with Gasteiger partial charge in [0.1, 0.15) is 6.10 Å². The first-order valence-corrected chi connectivity index (χ1v) is 16.2. The lowest BCUT2D eigenvalue weighted by Crippen LogP contribution is -2.62. The molecular formula is C32H54N2O3. The second-order valence-corrected chi connectivity index (χ2v) is 14.5. The molecule has 37 heavy (non-hydrogen) atoms. The van der Waals surface area contributed by atoms with E-state index in [9.17, 15) is 9.90 Å². The van der Waals surface area contributed by atoms with Gasteiger partial charge in [-0.25, -0.2) is 0 Å². The predicted octanol–water partition coefficient (Wildman–Crippen LogP) is 5.64. The van der Waals surface area contributed by atoms with E-state index < -0.39 is 0 Å². The van der Waals surface area contributed by atoms with Crippen molar-refractivity contribution in [1.82, 2.24) is 9.80 Å². The highest BCUT2D eigenvalue weighted by Gasteiger charge is 2.63. The summed E-state index contributed by atoms with van der Waals surface area (Å²) < 4.78 is 6.06. The standard InChI is InChI=1S/C32H54N2O3/c1-23(35)37-29-20-24-10-11-25-26(31(24,2)21-28(29)34-18-8-5-9-19-34)14-15-32(27(25)12-13-30(32)36)22-33-16-6-3-4-7-17-33/h24-30,36H,3-22H2,1-2H3/t24?,25-,26+,27+,28?,29?,30?,31+,32-/m1/s1. The summed E-state index contributed by atoms with van der Waals surface area (Å²) in [5.41, 5.74) is 0.472. The normalized spacial score (nSPS) is 47.4. The molecule has 6 aliphatic rings. The molecule has 9 atom stereocenters. The van der Waals surface area contributed by atoms with Crippen molar-refractivity contribution in [3.63, 3.8) is 0 Å². The van der Waals surface area contributed by atoms with Crippen molar-refractivity contribution in [2.75, 3.05) is 32.7 Å². The number of rotatable bonds is 4. The van der Waals surface area contributed by atoms with Gasteiger partial charge in [0.15, 0.2) is 0 Å². The number of likely N-dealkylation sites (tertiary alicyclic amines) is 2. The first-order chi connectivity index (χ1) is 17.9. The summed E-state index contributed by atoms with van der Waals surface area (Å²) in [4.78, 5) is 17.6. The van der Waals surface area contributed by atoms with Crippen LogP contribution in [0.1, 0.15) is 110 Å². The lowest BCUT2D eigenvalue weighted by Gasteiger charge is -2.63. The van der Waals surface area contributed by atoms with E-state index in [0.717, 1.165) is 31.2 Å². The van der Waals surface area contributed by atoms with E-state index in [1.165, 1.54) is 110 Å². The third-order valence-corrected chi connectivity index (χ3v) is 12.7. The lowest BCUT2D eigenvalue weighted by atomic mass is 9.44. The van der Waals surface area contributed by atoms with Gasteiger partial charge in [-0.05, 0) is 132 Å². The fourth-order valence-corrected chi connectivity index (χ4v) is 11.0. The van der Waals surface area contributed by atoms with Gasteiger partial charge < -0.3 is 14.7 Å². The zero-order chi connectivity index (χ0) is 25.6. The van der Waals surface area contributed by atoms with E-state index in [-0.39, 0.29) is 23.6 Å². The summed E-state index contributed by atoms with van der Waals surface area (Å²) in [6.07, 6.45) is 19.0. The van der Waals surface area contributed by atoms with Crippen LogP contribution in [-0.4, -0.2) is 71.8 Å². The molecule has 0 bridgehead atoms. The summed E-state index contributed by atoms with van der Waals surface area (Å²) in [6, 6.07) is 0.391. The molecule has 0 aromatic rings. The third kappa shape index (κ3) is 4.82. The topological polar surface area (TPSA) is 53.0 Å². The largest absolute Gasteiger partial charge is 0.461 e.